The van der Waals surface area contributed by atoms with Gasteiger partial charge in [-0.2, -0.15) is 5.10 Å². The molecule has 0 radical (unpaired) electrons. The highest BCUT2D eigenvalue weighted by Gasteiger charge is 2.29. The molecule has 0 unspecified atom stereocenters. The van der Waals surface area contributed by atoms with E-state index in [0.29, 0.717) is 36.7 Å². The van der Waals surface area contributed by atoms with Gasteiger partial charge in [-0.25, -0.2) is 9.07 Å². The molecule has 1 aromatic heterocycles. The van der Waals surface area contributed by atoms with E-state index >= 15 is 0 Å². The Morgan fingerprint density at radius 1 is 1.31 bits per heavy atom. The Balaban J connectivity index is 1.70. The molecule has 1 aromatic carbocycles. The van der Waals surface area contributed by atoms with Crippen LogP contribution in [0.5, 0.6) is 0 Å². The zero-order valence-electron chi connectivity index (χ0n) is 15.5. The number of amides is 1. The van der Waals surface area contributed by atoms with Gasteiger partial charge >= 0.3 is 0 Å². The van der Waals surface area contributed by atoms with Crippen molar-refractivity contribution in [3.05, 3.63) is 47.5 Å². The number of aromatic nitrogens is 2. The summed E-state index contributed by atoms with van der Waals surface area (Å²) in [4.78, 5) is 14.9. The molecule has 26 heavy (non-hydrogen) atoms. The highest BCUT2D eigenvalue weighted by molar-refractivity contribution is 5.95. The lowest BCUT2D eigenvalue weighted by Crippen LogP contribution is -2.55. The molecule has 3 rings (SSSR count). The number of nitrogens with zero attached hydrogens (tertiary/aromatic N) is 3. The van der Waals surface area contributed by atoms with Crippen LogP contribution in [-0.2, 0) is 4.74 Å². The van der Waals surface area contributed by atoms with Crippen LogP contribution < -0.4 is 5.32 Å². The molecule has 0 saturated carbocycles. The Labute approximate surface area is 152 Å². The van der Waals surface area contributed by atoms with E-state index in [0.717, 1.165) is 13.1 Å². The largest absolute Gasteiger partial charge is 0.379 e. The summed E-state index contributed by atoms with van der Waals surface area (Å²) >= 11 is 0. The zero-order chi connectivity index (χ0) is 18.7. The Morgan fingerprint density at radius 2 is 2.00 bits per heavy atom. The van der Waals surface area contributed by atoms with Crippen LogP contribution >= 0.6 is 0 Å². The van der Waals surface area contributed by atoms with Gasteiger partial charge in [-0.1, -0.05) is 12.1 Å². The first-order valence-electron chi connectivity index (χ1n) is 8.81. The van der Waals surface area contributed by atoms with Crippen molar-refractivity contribution in [1.29, 1.82) is 0 Å². The summed E-state index contributed by atoms with van der Waals surface area (Å²) in [6.45, 7) is 9.62. The van der Waals surface area contributed by atoms with Crippen LogP contribution in [0.2, 0.25) is 0 Å². The van der Waals surface area contributed by atoms with Gasteiger partial charge in [0.2, 0.25) is 0 Å². The number of hydrogen-bond acceptors (Lipinski definition) is 4. The molecule has 1 N–H and O–H groups in total. The van der Waals surface area contributed by atoms with Gasteiger partial charge in [0.15, 0.2) is 0 Å². The smallest absolute Gasteiger partial charge is 0.254 e. The number of hydrogen-bond donors (Lipinski definition) is 1. The quantitative estimate of drug-likeness (QED) is 0.888. The Bertz CT molecular complexity index is 782. The molecule has 6 nitrogen and oxygen atoms in total. The van der Waals surface area contributed by atoms with E-state index < -0.39 is 0 Å². The van der Waals surface area contributed by atoms with Crippen LogP contribution in [-0.4, -0.2) is 59.0 Å². The topological polar surface area (TPSA) is 59.4 Å². The molecular weight excluding hydrogens is 335 g/mol. The summed E-state index contributed by atoms with van der Waals surface area (Å²) in [7, 11) is 0. The summed E-state index contributed by atoms with van der Waals surface area (Å²) in [5, 5.41) is 7.18. The van der Waals surface area contributed by atoms with E-state index in [1.165, 1.54) is 16.9 Å². The van der Waals surface area contributed by atoms with Crippen LogP contribution in [0.3, 0.4) is 0 Å². The first-order valence-corrected chi connectivity index (χ1v) is 8.81. The van der Waals surface area contributed by atoms with E-state index in [1.807, 2.05) is 0 Å². The van der Waals surface area contributed by atoms with Gasteiger partial charge in [0, 0.05) is 25.2 Å². The fourth-order valence-corrected chi connectivity index (χ4v) is 3.17. The van der Waals surface area contributed by atoms with Crippen molar-refractivity contribution in [2.45, 2.75) is 26.3 Å². The van der Waals surface area contributed by atoms with Crippen molar-refractivity contribution in [3.63, 3.8) is 0 Å². The third kappa shape index (κ3) is 3.78. The average molecular weight is 360 g/mol. The van der Waals surface area contributed by atoms with Gasteiger partial charge in [-0.3, -0.25) is 9.69 Å². The van der Waals surface area contributed by atoms with Crippen molar-refractivity contribution in [2.75, 3.05) is 32.8 Å². The van der Waals surface area contributed by atoms with E-state index in [-0.39, 0.29) is 17.3 Å². The molecule has 0 atom stereocenters. The maximum Gasteiger partial charge on any atom is 0.254 e. The van der Waals surface area contributed by atoms with Gasteiger partial charge in [0.05, 0.1) is 30.7 Å². The summed E-state index contributed by atoms with van der Waals surface area (Å²) in [5.41, 5.74) is 1.22. The summed E-state index contributed by atoms with van der Waals surface area (Å²) in [5.74, 6) is -0.578. The third-order valence-electron chi connectivity index (χ3n) is 4.88. The molecule has 2 aromatic rings. The number of carbonyl (C=O) groups is 1. The number of ether oxygens (including phenoxy) is 1. The molecule has 1 aliphatic heterocycles. The van der Waals surface area contributed by atoms with Crippen LogP contribution in [0.1, 0.15) is 29.9 Å². The van der Waals surface area contributed by atoms with Crippen molar-refractivity contribution in [3.8, 4) is 5.69 Å². The molecule has 140 valence electrons. The van der Waals surface area contributed by atoms with Crippen LogP contribution in [0, 0.1) is 12.7 Å². The fourth-order valence-electron chi connectivity index (χ4n) is 3.17. The summed E-state index contributed by atoms with van der Waals surface area (Å²) in [6, 6.07) is 6.38. The Kier molecular flexibility index (Phi) is 5.38. The lowest BCUT2D eigenvalue weighted by molar-refractivity contribution is -0.00923. The van der Waals surface area contributed by atoms with Crippen LogP contribution in [0.25, 0.3) is 5.69 Å². The molecule has 0 bridgehead atoms. The van der Waals surface area contributed by atoms with Crippen molar-refractivity contribution < 1.29 is 13.9 Å². The predicted octanol–water partition coefficient (Wildman–Crippen LogP) is 2.16. The molecular formula is C19H25FN4O2. The van der Waals surface area contributed by atoms with Gasteiger partial charge in [0.1, 0.15) is 11.5 Å². The number of morpholine rings is 1. The molecule has 1 saturated heterocycles. The van der Waals surface area contributed by atoms with Gasteiger partial charge in [0.25, 0.3) is 5.91 Å². The number of halogens is 1. The lowest BCUT2D eigenvalue weighted by atomic mass is 10.0. The number of carbonyl (C=O) groups excluding carboxylic acids is 1. The van der Waals surface area contributed by atoms with Crippen LogP contribution in [0.15, 0.2) is 30.5 Å². The highest BCUT2D eigenvalue weighted by Crippen LogP contribution is 2.18. The van der Waals surface area contributed by atoms with Gasteiger partial charge < -0.3 is 10.1 Å². The number of nitrogens with one attached hydrogen (secondary N) is 1. The van der Waals surface area contributed by atoms with Gasteiger partial charge in [-0.15, -0.1) is 0 Å². The second-order valence-electron chi connectivity index (χ2n) is 7.10. The van der Waals surface area contributed by atoms with Crippen molar-refractivity contribution >= 4 is 5.91 Å². The Hall–Kier alpha value is -2.25. The first-order chi connectivity index (χ1) is 12.4. The standard InChI is InChI=1S/C19H25FN4O2/c1-14-15(12-22-24(14)17-7-5-4-6-16(17)20)18(25)21-13-19(2,3)23-8-10-26-11-9-23/h4-7,12H,8-11,13H2,1-3H3,(H,21,25). The van der Waals surface area contributed by atoms with Crippen LogP contribution in [0.4, 0.5) is 4.39 Å². The molecule has 1 fully saturated rings. The molecule has 2 heterocycles. The van der Waals surface area contributed by atoms with E-state index in [4.69, 9.17) is 4.74 Å². The minimum Gasteiger partial charge on any atom is -0.379 e. The second kappa shape index (κ2) is 7.55. The Morgan fingerprint density at radius 3 is 2.69 bits per heavy atom. The minimum absolute atomic E-state index is 0.172. The van der Waals surface area contributed by atoms with Gasteiger partial charge in [-0.05, 0) is 32.9 Å². The summed E-state index contributed by atoms with van der Waals surface area (Å²) in [6.07, 6.45) is 1.48. The van der Waals surface area contributed by atoms with Crippen molar-refractivity contribution in [1.82, 2.24) is 20.0 Å². The maximum absolute atomic E-state index is 14.0. The number of para-hydroxylation sites is 1. The van der Waals surface area contributed by atoms with E-state index in [9.17, 15) is 9.18 Å². The number of rotatable bonds is 5. The maximum atomic E-state index is 14.0. The monoisotopic (exact) mass is 360 g/mol. The third-order valence-corrected chi connectivity index (χ3v) is 4.88. The second-order valence-corrected chi connectivity index (χ2v) is 7.10. The van der Waals surface area contributed by atoms with Crippen molar-refractivity contribution in [2.24, 2.45) is 0 Å². The van der Waals surface area contributed by atoms with E-state index in [1.54, 1.807) is 25.1 Å². The predicted molar refractivity (Wildman–Crippen MR) is 97.1 cm³/mol. The normalized spacial score (nSPS) is 15.8. The molecule has 0 aliphatic carbocycles. The first kappa shape index (κ1) is 18.5. The highest BCUT2D eigenvalue weighted by atomic mass is 19.1. The number of benzene rings is 1. The molecule has 7 heteroatoms. The average Bonchev–Trinajstić information content (AvgIpc) is 3.02. The lowest BCUT2D eigenvalue weighted by Gasteiger charge is -2.40. The fraction of sp³-hybridized carbons (Fsp3) is 0.474. The van der Waals surface area contributed by atoms with E-state index in [2.05, 4.69) is 29.2 Å². The molecule has 1 amide bonds. The molecule has 0 spiro atoms. The SMILES string of the molecule is Cc1c(C(=O)NCC(C)(C)N2CCOCC2)cnn1-c1ccccc1F. The summed E-state index contributed by atoms with van der Waals surface area (Å²) < 4.78 is 20.8. The minimum atomic E-state index is -0.376. The zero-order valence-corrected chi connectivity index (χ0v) is 15.5. The molecule has 1 aliphatic rings.